The average molecular weight is 251 g/mol. The van der Waals surface area contributed by atoms with Gasteiger partial charge in [0.2, 0.25) is 0 Å². The van der Waals surface area contributed by atoms with Gasteiger partial charge in [0.1, 0.15) is 5.65 Å². The topological polar surface area (TPSA) is 29.3 Å². The molecule has 96 valence electrons. The number of nitrogens with zero attached hydrogens (tertiary/aromatic N) is 2. The highest BCUT2D eigenvalue weighted by Crippen LogP contribution is 2.20. The van der Waals surface area contributed by atoms with Crippen molar-refractivity contribution < 1.29 is 0 Å². The van der Waals surface area contributed by atoms with Crippen LogP contribution in [-0.4, -0.2) is 15.9 Å². The molecule has 0 bridgehead atoms. The van der Waals surface area contributed by atoms with Crippen LogP contribution in [0.3, 0.4) is 0 Å². The SMILES string of the molecule is CCNCc1ccc(-c2cccc3nccn23)cc1. The van der Waals surface area contributed by atoms with Gasteiger partial charge >= 0.3 is 0 Å². The summed E-state index contributed by atoms with van der Waals surface area (Å²) in [5, 5.41) is 3.33. The molecule has 3 nitrogen and oxygen atoms in total. The zero-order valence-corrected chi connectivity index (χ0v) is 11.0. The van der Waals surface area contributed by atoms with Crippen molar-refractivity contribution in [2.24, 2.45) is 0 Å². The molecule has 1 N–H and O–H groups in total. The molecule has 0 atom stereocenters. The maximum atomic E-state index is 4.32. The largest absolute Gasteiger partial charge is 0.313 e. The Morgan fingerprint density at radius 1 is 1.11 bits per heavy atom. The summed E-state index contributed by atoms with van der Waals surface area (Å²) < 4.78 is 2.11. The Morgan fingerprint density at radius 3 is 2.74 bits per heavy atom. The molecule has 0 radical (unpaired) electrons. The number of rotatable bonds is 4. The van der Waals surface area contributed by atoms with Crippen LogP contribution >= 0.6 is 0 Å². The molecule has 19 heavy (non-hydrogen) atoms. The molecule has 0 saturated heterocycles. The van der Waals surface area contributed by atoms with Gasteiger partial charge in [0.15, 0.2) is 0 Å². The number of pyridine rings is 1. The van der Waals surface area contributed by atoms with E-state index >= 15 is 0 Å². The molecular formula is C16H17N3. The average Bonchev–Trinajstić information content (AvgIpc) is 2.94. The molecule has 0 aliphatic heterocycles. The normalized spacial score (nSPS) is 11.0. The molecule has 0 fully saturated rings. The number of imidazole rings is 1. The molecule has 0 aliphatic carbocycles. The number of nitrogens with one attached hydrogen (secondary N) is 1. The first kappa shape index (κ1) is 11.9. The smallest absolute Gasteiger partial charge is 0.137 e. The van der Waals surface area contributed by atoms with E-state index in [1.54, 1.807) is 0 Å². The molecular weight excluding hydrogens is 234 g/mol. The van der Waals surface area contributed by atoms with Crippen LogP contribution in [0.1, 0.15) is 12.5 Å². The van der Waals surface area contributed by atoms with Crippen LogP contribution in [0.2, 0.25) is 0 Å². The van der Waals surface area contributed by atoms with Crippen molar-refractivity contribution >= 4 is 5.65 Å². The number of aromatic nitrogens is 2. The molecule has 3 aromatic rings. The van der Waals surface area contributed by atoms with Crippen molar-refractivity contribution in [3.05, 3.63) is 60.4 Å². The Hall–Kier alpha value is -2.13. The molecule has 2 aromatic heterocycles. The lowest BCUT2D eigenvalue weighted by molar-refractivity contribution is 0.727. The molecule has 0 unspecified atom stereocenters. The van der Waals surface area contributed by atoms with Gasteiger partial charge in [0, 0.05) is 18.9 Å². The molecule has 3 heteroatoms. The highest BCUT2D eigenvalue weighted by atomic mass is 15.0. The van der Waals surface area contributed by atoms with Crippen LogP contribution in [0, 0.1) is 0 Å². The summed E-state index contributed by atoms with van der Waals surface area (Å²) in [5.41, 5.74) is 4.67. The zero-order chi connectivity index (χ0) is 13.1. The molecule has 2 heterocycles. The molecule has 0 amide bonds. The third-order valence-corrected chi connectivity index (χ3v) is 3.26. The quantitative estimate of drug-likeness (QED) is 0.772. The standard InChI is InChI=1S/C16H17N3/c1-2-17-12-13-6-8-14(9-7-13)15-4-3-5-16-18-10-11-19(15)16/h3-11,17H,2,12H2,1H3. The van der Waals surface area contributed by atoms with Crippen LogP contribution in [-0.2, 0) is 6.54 Å². The second-order valence-corrected chi connectivity index (χ2v) is 4.54. The Bertz CT molecular complexity index is 668. The number of fused-ring (bicyclic) bond motifs is 1. The van der Waals surface area contributed by atoms with E-state index in [0.29, 0.717) is 0 Å². The van der Waals surface area contributed by atoms with E-state index in [0.717, 1.165) is 18.7 Å². The lowest BCUT2D eigenvalue weighted by Gasteiger charge is -2.07. The Kier molecular flexibility index (Phi) is 3.29. The van der Waals surface area contributed by atoms with E-state index in [4.69, 9.17) is 0 Å². The first-order valence-electron chi connectivity index (χ1n) is 6.60. The molecule has 1 aromatic carbocycles. The number of hydrogen-bond donors (Lipinski definition) is 1. The predicted octanol–water partition coefficient (Wildman–Crippen LogP) is 3.11. The Morgan fingerprint density at radius 2 is 1.95 bits per heavy atom. The van der Waals surface area contributed by atoms with Crippen molar-refractivity contribution in [3.63, 3.8) is 0 Å². The van der Waals surface area contributed by atoms with E-state index in [2.05, 4.69) is 52.0 Å². The van der Waals surface area contributed by atoms with E-state index < -0.39 is 0 Å². The van der Waals surface area contributed by atoms with E-state index in [-0.39, 0.29) is 0 Å². The summed E-state index contributed by atoms with van der Waals surface area (Å²) in [6, 6.07) is 14.9. The van der Waals surface area contributed by atoms with Gasteiger partial charge < -0.3 is 5.32 Å². The van der Waals surface area contributed by atoms with Gasteiger partial charge in [-0.25, -0.2) is 4.98 Å². The highest BCUT2D eigenvalue weighted by molar-refractivity contribution is 5.63. The van der Waals surface area contributed by atoms with Crippen molar-refractivity contribution in [1.82, 2.24) is 14.7 Å². The van der Waals surface area contributed by atoms with Gasteiger partial charge in [-0.05, 0) is 29.8 Å². The van der Waals surface area contributed by atoms with Crippen molar-refractivity contribution in [3.8, 4) is 11.3 Å². The summed E-state index contributed by atoms with van der Waals surface area (Å²) in [4.78, 5) is 4.32. The lowest BCUT2D eigenvalue weighted by atomic mass is 10.1. The Labute approximate surface area is 112 Å². The van der Waals surface area contributed by atoms with Crippen molar-refractivity contribution in [2.45, 2.75) is 13.5 Å². The predicted molar refractivity (Wildman–Crippen MR) is 78.0 cm³/mol. The second kappa shape index (κ2) is 5.24. The highest BCUT2D eigenvalue weighted by Gasteiger charge is 2.03. The second-order valence-electron chi connectivity index (χ2n) is 4.54. The van der Waals surface area contributed by atoms with Crippen LogP contribution in [0.15, 0.2) is 54.9 Å². The molecule has 3 rings (SSSR count). The summed E-state index contributed by atoms with van der Waals surface area (Å²) in [6.07, 6.45) is 3.83. The maximum Gasteiger partial charge on any atom is 0.137 e. The van der Waals surface area contributed by atoms with Gasteiger partial charge in [0.05, 0.1) is 5.69 Å². The zero-order valence-electron chi connectivity index (χ0n) is 11.0. The van der Waals surface area contributed by atoms with Gasteiger partial charge in [0.25, 0.3) is 0 Å². The van der Waals surface area contributed by atoms with Crippen molar-refractivity contribution in [1.29, 1.82) is 0 Å². The lowest BCUT2D eigenvalue weighted by Crippen LogP contribution is -2.11. The third kappa shape index (κ3) is 2.37. The van der Waals surface area contributed by atoms with Crippen LogP contribution in [0.4, 0.5) is 0 Å². The monoisotopic (exact) mass is 251 g/mol. The fourth-order valence-electron chi connectivity index (χ4n) is 2.25. The summed E-state index contributed by atoms with van der Waals surface area (Å²) in [7, 11) is 0. The summed E-state index contributed by atoms with van der Waals surface area (Å²) >= 11 is 0. The minimum Gasteiger partial charge on any atom is -0.313 e. The molecule has 0 saturated carbocycles. The van der Waals surface area contributed by atoms with E-state index in [1.165, 1.54) is 16.8 Å². The third-order valence-electron chi connectivity index (χ3n) is 3.26. The maximum absolute atomic E-state index is 4.32. The summed E-state index contributed by atoms with van der Waals surface area (Å²) in [5.74, 6) is 0. The molecule has 0 aliphatic rings. The van der Waals surface area contributed by atoms with Gasteiger partial charge in [-0.1, -0.05) is 37.3 Å². The van der Waals surface area contributed by atoms with Crippen LogP contribution < -0.4 is 5.32 Å². The van der Waals surface area contributed by atoms with Crippen LogP contribution in [0.5, 0.6) is 0 Å². The van der Waals surface area contributed by atoms with Gasteiger partial charge in [-0.3, -0.25) is 4.40 Å². The Balaban J connectivity index is 1.95. The van der Waals surface area contributed by atoms with E-state index in [1.807, 2.05) is 24.5 Å². The summed E-state index contributed by atoms with van der Waals surface area (Å²) in [6.45, 7) is 4.04. The molecule has 0 spiro atoms. The minimum absolute atomic E-state index is 0.923. The fraction of sp³-hybridized carbons (Fsp3) is 0.188. The first-order valence-corrected chi connectivity index (χ1v) is 6.60. The number of benzene rings is 1. The number of hydrogen-bond acceptors (Lipinski definition) is 2. The fourth-order valence-corrected chi connectivity index (χ4v) is 2.25. The van der Waals surface area contributed by atoms with Gasteiger partial charge in [-0.2, -0.15) is 0 Å². The minimum atomic E-state index is 0.923. The van der Waals surface area contributed by atoms with Gasteiger partial charge in [-0.15, -0.1) is 0 Å². The van der Waals surface area contributed by atoms with Crippen molar-refractivity contribution in [2.75, 3.05) is 6.54 Å². The van der Waals surface area contributed by atoms with Crippen LogP contribution in [0.25, 0.3) is 16.9 Å². The first-order chi connectivity index (χ1) is 9.38. The van der Waals surface area contributed by atoms with E-state index in [9.17, 15) is 0 Å².